The minimum atomic E-state index is -0.652. The third-order valence-electron chi connectivity index (χ3n) is 6.41. The largest absolute Gasteiger partial charge is 0.342 e. The van der Waals surface area contributed by atoms with Crippen LogP contribution in [0, 0.1) is 18.8 Å². The van der Waals surface area contributed by atoms with Crippen molar-refractivity contribution in [3.8, 4) is 17.5 Å². The fourth-order valence-corrected chi connectivity index (χ4v) is 4.59. The molecule has 0 unspecified atom stereocenters. The van der Waals surface area contributed by atoms with Crippen LogP contribution >= 0.6 is 0 Å². The van der Waals surface area contributed by atoms with Crippen LogP contribution in [0.2, 0.25) is 0 Å². The third kappa shape index (κ3) is 4.37. The van der Waals surface area contributed by atoms with Crippen molar-refractivity contribution in [2.75, 3.05) is 0 Å². The molecule has 1 N–H and O–H groups in total. The van der Waals surface area contributed by atoms with E-state index in [1.54, 1.807) is 43.1 Å². The molecule has 2 aromatic carbocycles. The van der Waals surface area contributed by atoms with Gasteiger partial charge in [-0.15, -0.1) is 4.63 Å². The summed E-state index contributed by atoms with van der Waals surface area (Å²) < 4.78 is 4.50. The van der Waals surface area contributed by atoms with Crippen LogP contribution in [0.15, 0.2) is 78.1 Å². The zero-order valence-electron chi connectivity index (χ0n) is 21.9. The number of hydrogen-bond acceptors (Lipinski definition) is 7. The molecule has 0 spiro atoms. The molecule has 0 saturated carbocycles. The quantitative estimate of drug-likeness (QED) is 0.348. The first-order chi connectivity index (χ1) is 19.4. The van der Waals surface area contributed by atoms with E-state index in [-0.39, 0.29) is 5.56 Å². The van der Waals surface area contributed by atoms with Gasteiger partial charge in [-0.05, 0) is 38.1 Å². The van der Waals surface area contributed by atoms with Crippen molar-refractivity contribution in [2.45, 2.75) is 19.9 Å². The maximum Gasteiger partial charge on any atom is 0.267 e. The Hall–Kier alpha value is -5.63. The van der Waals surface area contributed by atoms with Gasteiger partial charge >= 0.3 is 0 Å². The topological polar surface area (TPSA) is 125 Å². The number of aryl methyl sites for hydroxylation is 2. The Morgan fingerprint density at radius 3 is 2.62 bits per heavy atom. The van der Waals surface area contributed by atoms with Crippen LogP contribution in [0.4, 0.5) is 0 Å². The van der Waals surface area contributed by atoms with Crippen LogP contribution in [0.3, 0.4) is 0 Å². The number of aromatic nitrogens is 8. The number of benzene rings is 2. The minimum Gasteiger partial charge on any atom is -0.342 e. The SMILES string of the molecule is Cc1nn2nccnc2c1C(=O)N[C@@H](C)c1nc2cccc(C#Cc3cnn(C)c3)c2c(=O)n1-c1ccccc1. The van der Waals surface area contributed by atoms with Crippen molar-refractivity contribution in [1.82, 2.24) is 44.5 Å². The lowest BCUT2D eigenvalue weighted by molar-refractivity contribution is 0.0938. The second-order valence-electron chi connectivity index (χ2n) is 9.21. The lowest BCUT2D eigenvalue weighted by Crippen LogP contribution is -2.33. The van der Waals surface area contributed by atoms with Gasteiger partial charge in [0, 0.05) is 25.0 Å². The van der Waals surface area contributed by atoms with E-state index in [9.17, 15) is 9.59 Å². The van der Waals surface area contributed by atoms with Gasteiger partial charge in [-0.25, -0.2) is 9.97 Å². The summed E-state index contributed by atoms with van der Waals surface area (Å²) in [5.74, 6) is 6.16. The Morgan fingerprint density at radius 1 is 1.02 bits per heavy atom. The van der Waals surface area contributed by atoms with E-state index in [0.717, 1.165) is 5.56 Å². The maximum absolute atomic E-state index is 14.1. The first-order valence-electron chi connectivity index (χ1n) is 12.5. The first-order valence-corrected chi connectivity index (χ1v) is 12.5. The van der Waals surface area contributed by atoms with Gasteiger partial charge in [-0.2, -0.15) is 15.3 Å². The van der Waals surface area contributed by atoms with Gasteiger partial charge in [0.15, 0.2) is 5.65 Å². The summed E-state index contributed by atoms with van der Waals surface area (Å²) in [7, 11) is 1.82. The Bertz CT molecular complexity index is 2030. The van der Waals surface area contributed by atoms with Gasteiger partial charge in [-0.3, -0.25) is 18.8 Å². The number of para-hydroxylation sites is 1. The van der Waals surface area contributed by atoms with E-state index in [0.29, 0.717) is 44.9 Å². The number of carbonyl (C=O) groups excluding carboxylic acids is 1. The molecule has 0 fully saturated rings. The molecule has 196 valence electrons. The molecule has 0 radical (unpaired) electrons. The van der Waals surface area contributed by atoms with Crippen molar-refractivity contribution < 1.29 is 4.79 Å². The van der Waals surface area contributed by atoms with Gasteiger partial charge in [0.1, 0.15) is 11.4 Å². The Balaban J connectivity index is 1.48. The molecule has 11 nitrogen and oxygen atoms in total. The Kier molecular flexibility index (Phi) is 6.12. The fraction of sp³-hybridized carbons (Fsp3) is 0.138. The minimum absolute atomic E-state index is 0.290. The number of fused-ring (bicyclic) bond motifs is 2. The summed E-state index contributed by atoms with van der Waals surface area (Å²) in [6.45, 7) is 3.50. The molecule has 11 heteroatoms. The van der Waals surface area contributed by atoms with E-state index in [4.69, 9.17) is 4.98 Å². The van der Waals surface area contributed by atoms with Crippen molar-refractivity contribution in [3.05, 3.63) is 112 Å². The second-order valence-corrected chi connectivity index (χ2v) is 9.21. The number of hydrogen-bond donors (Lipinski definition) is 1. The van der Waals surface area contributed by atoms with E-state index >= 15 is 0 Å². The predicted molar refractivity (Wildman–Crippen MR) is 148 cm³/mol. The van der Waals surface area contributed by atoms with Crippen LogP contribution in [0.25, 0.3) is 22.2 Å². The average Bonchev–Trinajstić information content (AvgIpc) is 3.53. The molecule has 0 aliphatic rings. The van der Waals surface area contributed by atoms with Crippen molar-refractivity contribution in [3.63, 3.8) is 0 Å². The highest BCUT2D eigenvalue weighted by Crippen LogP contribution is 2.21. The van der Waals surface area contributed by atoms with Crippen molar-refractivity contribution >= 4 is 22.5 Å². The average molecular weight is 530 g/mol. The summed E-state index contributed by atoms with van der Waals surface area (Å²) in [5.41, 5.74) is 3.22. The first kappa shape index (κ1) is 24.7. The standard InChI is InChI=1S/C29H23N9O2/c1-18-24(27-30-14-15-31-38(27)35-18)28(39)33-19(2)26-34-23-11-7-8-21(13-12-20-16-32-36(3)17-20)25(23)29(40)37(26)22-9-5-4-6-10-22/h4-11,14-17,19H,1-3H3,(H,33,39)/t19-/m0/s1. The molecule has 1 amide bonds. The van der Waals surface area contributed by atoms with E-state index in [1.807, 2.05) is 43.4 Å². The molecule has 6 rings (SSSR count). The third-order valence-corrected chi connectivity index (χ3v) is 6.41. The zero-order chi connectivity index (χ0) is 27.8. The highest BCUT2D eigenvalue weighted by molar-refractivity contribution is 6.01. The molecule has 40 heavy (non-hydrogen) atoms. The van der Waals surface area contributed by atoms with Gasteiger partial charge in [0.2, 0.25) is 0 Å². The summed E-state index contributed by atoms with van der Waals surface area (Å²) in [6.07, 6.45) is 6.47. The van der Waals surface area contributed by atoms with Gasteiger partial charge in [0.25, 0.3) is 11.5 Å². The van der Waals surface area contributed by atoms with Crippen molar-refractivity contribution in [2.24, 2.45) is 7.05 Å². The van der Waals surface area contributed by atoms with Gasteiger partial charge in [-0.1, -0.05) is 36.1 Å². The molecule has 4 heterocycles. The van der Waals surface area contributed by atoms with E-state index in [1.165, 1.54) is 21.6 Å². The summed E-state index contributed by atoms with van der Waals surface area (Å²) in [6, 6.07) is 13.9. The van der Waals surface area contributed by atoms with Crippen LogP contribution in [0.1, 0.15) is 46.0 Å². The molecule has 4 aromatic heterocycles. The number of carbonyl (C=O) groups is 1. The van der Waals surface area contributed by atoms with Crippen LogP contribution < -0.4 is 10.9 Å². The lowest BCUT2D eigenvalue weighted by Gasteiger charge is -2.20. The van der Waals surface area contributed by atoms with Gasteiger partial charge in [0.05, 0.1) is 46.3 Å². The molecule has 0 bridgehead atoms. The summed E-state index contributed by atoms with van der Waals surface area (Å²) in [4.78, 5) is 36.7. The van der Waals surface area contributed by atoms with Crippen molar-refractivity contribution in [1.29, 1.82) is 0 Å². The summed E-state index contributed by atoms with van der Waals surface area (Å²) >= 11 is 0. The molecule has 0 aliphatic carbocycles. The Labute approximate surface area is 228 Å². The molecule has 0 aliphatic heterocycles. The highest BCUT2D eigenvalue weighted by atomic mass is 16.2. The maximum atomic E-state index is 14.1. The predicted octanol–water partition coefficient (Wildman–Crippen LogP) is 2.76. The summed E-state index contributed by atoms with van der Waals surface area (Å²) in [5, 5.41) is 15.9. The molecular weight excluding hydrogens is 506 g/mol. The Morgan fingerprint density at radius 2 is 1.85 bits per heavy atom. The number of nitrogens with one attached hydrogen (secondary N) is 1. The molecule has 6 aromatic rings. The van der Waals surface area contributed by atoms with Crippen LogP contribution in [-0.2, 0) is 7.05 Å². The molecule has 1 atom stereocenters. The zero-order valence-corrected chi connectivity index (χ0v) is 21.9. The highest BCUT2D eigenvalue weighted by Gasteiger charge is 2.24. The number of amides is 1. The van der Waals surface area contributed by atoms with Crippen LogP contribution in [-0.4, -0.2) is 45.1 Å². The lowest BCUT2D eigenvalue weighted by atomic mass is 10.1. The van der Waals surface area contributed by atoms with E-state index < -0.39 is 11.9 Å². The monoisotopic (exact) mass is 529 g/mol. The second kappa shape index (κ2) is 9.92. The van der Waals surface area contributed by atoms with E-state index in [2.05, 4.69) is 37.4 Å². The molecule has 0 saturated heterocycles. The smallest absolute Gasteiger partial charge is 0.267 e. The fourth-order valence-electron chi connectivity index (χ4n) is 4.59. The van der Waals surface area contributed by atoms with Gasteiger partial charge < -0.3 is 5.32 Å². The van der Waals surface area contributed by atoms with Crippen LogP contribution in [0.5, 0.6) is 0 Å². The normalized spacial score (nSPS) is 11.8. The number of nitrogens with zero attached hydrogens (tertiary/aromatic N) is 8. The number of rotatable bonds is 4. The molecular formula is C29H23N9O2.